The normalized spacial score (nSPS) is 15.1. The summed E-state index contributed by atoms with van der Waals surface area (Å²) in [7, 11) is -3.53. The summed E-state index contributed by atoms with van der Waals surface area (Å²) in [6.07, 6.45) is 0. The van der Waals surface area contributed by atoms with E-state index in [0.717, 1.165) is 16.7 Å². The Morgan fingerprint density at radius 1 is 1.05 bits per heavy atom. The third-order valence-corrected chi connectivity index (χ3v) is 5.89. The molecule has 0 aliphatic carbocycles. The fourth-order valence-electron chi connectivity index (χ4n) is 2.73. The number of hydrogen-bond donors (Lipinski definition) is 1. The van der Waals surface area contributed by atoms with Gasteiger partial charge in [0.1, 0.15) is 0 Å². The zero-order chi connectivity index (χ0) is 15.2. The van der Waals surface area contributed by atoms with Gasteiger partial charge in [0, 0.05) is 18.8 Å². The number of hydrogen-bond acceptors (Lipinski definition) is 3. The monoisotopic (exact) mass is 302 g/mol. The maximum atomic E-state index is 12.9. The Morgan fingerprint density at radius 3 is 2.19 bits per heavy atom. The van der Waals surface area contributed by atoms with Crippen molar-refractivity contribution in [2.45, 2.75) is 31.8 Å². The molecule has 4 nitrogen and oxygen atoms in total. The van der Waals surface area contributed by atoms with Crippen LogP contribution in [0.15, 0.2) is 41.3 Å². The lowest BCUT2D eigenvalue weighted by atomic mass is 10.1. The lowest BCUT2D eigenvalue weighted by molar-refractivity contribution is 0.431. The molecule has 110 valence electrons. The second-order valence-electron chi connectivity index (χ2n) is 5.52. The van der Waals surface area contributed by atoms with Gasteiger partial charge >= 0.3 is 0 Å². The molecule has 0 aromatic heterocycles. The van der Waals surface area contributed by atoms with Crippen LogP contribution in [0, 0.1) is 13.8 Å². The van der Waals surface area contributed by atoms with Crippen LogP contribution < -0.4 is 5.73 Å². The summed E-state index contributed by atoms with van der Waals surface area (Å²) in [5.74, 6) is 0. The minimum atomic E-state index is -3.53. The molecule has 0 unspecified atom stereocenters. The molecule has 2 aromatic carbocycles. The first kappa shape index (κ1) is 14.1. The lowest BCUT2D eigenvalue weighted by Crippen LogP contribution is -2.26. The van der Waals surface area contributed by atoms with Gasteiger partial charge in [0.05, 0.1) is 4.90 Å². The van der Waals surface area contributed by atoms with Crippen LogP contribution in [0.5, 0.6) is 0 Å². The molecule has 3 rings (SSSR count). The van der Waals surface area contributed by atoms with Gasteiger partial charge in [-0.2, -0.15) is 4.31 Å². The van der Waals surface area contributed by atoms with Gasteiger partial charge in [-0.3, -0.25) is 0 Å². The zero-order valence-electron chi connectivity index (χ0n) is 12.1. The first-order chi connectivity index (χ1) is 9.89. The van der Waals surface area contributed by atoms with Gasteiger partial charge in [0.2, 0.25) is 10.0 Å². The van der Waals surface area contributed by atoms with Crippen LogP contribution >= 0.6 is 0 Å². The summed E-state index contributed by atoms with van der Waals surface area (Å²) < 4.78 is 27.3. The molecule has 0 fully saturated rings. The predicted octanol–water partition coefficient (Wildman–Crippen LogP) is 2.59. The molecule has 1 aliphatic heterocycles. The van der Waals surface area contributed by atoms with E-state index < -0.39 is 10.0 Å². The van der Waals surface area contributed by atoms with Crippen LogP contribution in [0.2, 0.25) is 0 Å². The van der Waals surface area contributed by atoms with Gasteiger partial charge in [0.25, 0.3) is 0 Å². The second-order valence-corrected chi connectivity index (χ2v) is 7.43. The van der Waals surface area contributed by atoms with Crippen LogP contribution in [-0.4, -0.2) is 12.7 Å². The van der Waals surface area contributed by atoms with Gasteiger partial charge in [-0.15, -0.1) is 0 Å². The van der Waals surface area contributed by atoms with E-state index >= 15 is 0 Å². The van der Waals surface area contributed by atoms with Crippen molar-refractivity contribution in [2.24, 2.45) is 0 Å². The van der Waals surface area contributed by atoms with Crippen molar-refractivity contribution in [1.29, 1.82) is 0 Å². The Labute approximate surface area is 125 Å². The van der Waals surface area contributed by atoms with Crippen LogP contribution in [0.25, 0.3) is 0 Å². The average molecular weight is 302 g/mol. The van der Waals surface area contributed by atoms with E-state index in [1.165, 1.54) is 4.31 Å². The summed E-state index contributed by atoms with van der Waals surface area (Å²) in [6.45, 7) is 4.45. The highest BCUT2D eigenvalue weighted by Gasteiger charge is 2.31. The quantitative estimate of drug-likeness (QED) is 0.867. The molecular formula is C16H18N2O2S. The Bertz CT molecular complexity index is 788. The third kappa shape index (κ3) is 2.32. The molecule has 0 amide bonds. The molecule has 0 saturated carbocycles. The van der Waals surface area contributed by atoms with E-state index in [4.69, 9.17) is 5.73 Å². The molecule has 0 atom stereocenters. The van der Waals surface area contributed by atoms with Gasteiger partial charge in [-0.05, 0) is 48.2 Å². The highest BCUT2D eigenvalue weighted by atomic mass is 32.2. The Morgan fingerprint density at radius 2 is 1.62 bits per heavy atom. The largest absolute Gasteiger partial charge is 0.398 e. The van der Waals surface area contributed by atoms with Crippen molar-refractivity contribution in [3.63, 3.8) is 0 Å². The number of nitrogens with zero attached hydrogens (tertiary/aromatic N) is 1. The van der Waals surface area contributed by atoms with Gasteiger partial charge in [-0.1, -0.05) is 24.3 Å². The predicted molar refractivity (Wildman–Crippen MR) is 83.2 cm³/mol. The van der Waals surface area contributed by atoms with Crippen molar-refractivity contribution >= 4 is 15.7 Å². The summed E-state index contributed by atoms with van der Waals surface area (Å²) in [6, 6.07) is 11.3. The number of fused-ring (bicyclic) bond motifs is 1. The van der Waals surface area contributed by atoms with Crippen molar-refractivity contribution < 1.29 is 8.42 Å². The molecule has 0 spiro atoms. The highest BCUT2D eigenvalue weighted by molar-refractivity contribution is 7.89. The number of anilines is 1. The van der Waals surface area contributed by atoms with Crippen molar-refractivity contribution in [3.8, 4) is 0 Å². The van der Waals surface area contributed by atoms with Crippen molar-refractivity contribution in [1.82, 2.24) is 4.31 Å². The molecule has 0 radical (unpaired) electrons. The molecule has 0 bridgehead atoms. The number of sulfonamides is 1. The van der Waals surface area contributed by atoms with E-state index in [1.807, 2.05) is 31.2 Å². The summed E-state index contributed by atoms with van der Waals surface area (Å²) in [5, 5.41) is 0. The number of rotatable bonds is 2. The average Bonchev–Trinajstić information content (AvgIpc) is 2.87. The Kier molecular flexibility index (Phi) is 3.26. The maximum absolute atomic E-state index is 12.9. The number of benzene rings is 2. The topological polar surface area (TPSA) is 63.4 Å². The van der Waals surface area contributed by atoms with Crippen LogP contribution in [-0.2, 0) is 23.1 Å². The van der Waals surface area contributed by atoms with Gasteiger partial charge in [-0.25, -0.2) is 8.42 Å². The first-order valence-corrected chi connectivity index (χ1v) is 8.27. The van der Waals surface area contributed by atoms with Crippen LogP contribution in [0.4, 0.5) is 5.69 Å². The molecule has 1 aliphatic rings. The zero-order valence-corrected chi connectivity index (χ0v) is 12.9. The van der Waals surface area contributed by atoms with Gasteiger partial charge < -0.3 is 5.73 Å². The smallest absolute Gasteiger partial charge is 0.244 e. The van der Waals surface area contributed by atoms with E-state index in [1.54, 1.807) is 19.1 Å². The summed E-state index contributed by atoms with van der Waals surface area (Å²) in [5.41, 5.74) is 10.1. The molecule has 2 aromatic rings. The maximum Gasteiger partial charge on any atom is 0.244 e. The highest BCUT2D eigenvalue weighted by Crippen LogP contribution is 2.31. The second kappa shape index (κ2) is 4.86. The minimum absolute atomic E-state index is 0.313. The molecule has 5 heteroatoms. The standard InChI is InChI=1S/C16H18N2O2S/c1-11-7-15(17)12(2)16(8-11)21(19,20)18-9-13-5-3-4-6-14(13)10-18/h3-8H,9-10,17H2,1-2H3. The van der Waals surface area contributed by atoms with Crippen LogP contribution in [0.1, 0.15) is 22.3 Å². The van der Waals surface area contributed by atoms with E-state index in [0.29, 0.717) is 29.2 Å². The fraction of sp³-hybridized carbons (Fsp3) is 0.250. The number of nitrogens with two attached hydrogens (primary N) is 1. The van der Waals surface area contributed by atoms with Crippen molar-refractivity contribution in [3.05, 3.63) is 58.7 Å². The first-order valence-electron chi connectivity index (χ1n) is 6.83. The summed E-state index contributed by atoms with van der Waals surface area (Å²) in [4.78, 5) is 0.313. The number of nitrogen functional groups attached to an aromatic ring is 1. The third-order valence-electron chi connectivity index (χ3n) is 3.97. The van der Waals surface area contributed by atoms with Gasteiger partial charge in [0.15, 0.2) is 0 Å². The lowest BCUT2D eigenvalue weighted by Gasteiger charge is -2.18. The molecule has 2 N–H and O–H groups in total. The van der Waals surface area contributed by atoms with E-state index in [2.05, 4.69) is 0 Å². The van der Waals surface area contributed by atoms with Crippen molar-refractivity contribution in [2.75, 3.05) is 5.73 Å². The molecule has 0 saturated heterocycles. The summed E-state index contributed by atoms with van der Waals surface area (Å²) >= 11 is 0. The SMILES string of the molecule is Cc1cc(N)c(C)c(S(=O)(=O)N2Cc3ccccc3C2)c1. The number of aryl methyl sites for hydroxylation is 1. The van der Waals surface area contributed by atoms with Crippen LogP contribution in [0.3, 0.4) is 0 Å². The van der Waals surface area contributed by atoms with E-state index in [-0.39, 0.29) is 0 Å². The minimum Gasteiger partial charge on any atom is -0.398 e. The molecule has 1 heterocycles. The van der Waals surface area contributed by atoms with E-state index in [9.17, 15) is 8.42 Å². The Balaban J connectivity index is 2.04. The fourth-order valence-corrected chi connectivity index (χ4v) is 4.47. The molecular weight excluding hydrogens is 284 g/mol. The molecule has 21 heavy (non-hydrogen) atoms. The Hall–Kier alpha value is -1.85.